The first kappa shape index (κ1) is 20.1. The highest BCUT2D eigenvalue weighted by molar-refractivity contribution is 9.10. The molecule has 0 bridgehead atoms. The van der Waals surface area contributed by atoms with Crippen LogP contribution < -0.4 is 10.6 Å². The van der Waals surface area contributed by atoms with Crippen LogP contribution in [0.25, 0.3) is 0 Å². The summed E-state index contributed by atoms with van der Waals surface area (Å²) in [4.78, 5) is 4.84. The van der Waals surface area contributed by atoms with Crippen LogP contribution in [0.5, 0.6) is 5.75 Å². The van der Waals surface area contributed by atoms with Gasteiger partial charge in [0.15, 0.2) is 0 Å². The molecule has 5 nitrogen and oxygen atoms in total. The fourth-order valence-electron chi connectivity index (χ4n) is 3.95. The van der Waals surface area contributed by atoms with Crippen LogP contribution in [0.15, 0.2) is 16.6 Å². The monoisotopic (exact) mass is 424 g/mol. The van der Waals surface area contributed by atoms with Crippen LogP contribution in [-0.4, -0.2) is 67.3 Å². The maximum Gasteiger partial charge on any atom is 0.124 e. The molecule has 26 heavy (non-hydrogen) atoms. The molecular formula is C20H33BrN4O. The second-order valence-corrected chi connectivity index (χ2v) is 8.70. The van der Waals surface area contributed by atoms with E-state index in [4.69, 9.17) is 0 Å². The summed E-state index contributed by atoms with van der Waals surface area (Å²) in [5.41, 5.74) is 2.01. The van der Waals surface area contributed by atoms with Gasteiger partial charge >= 0.3 is 0 Å². The van der Waals surface area contributed by atoms with Crippen molar-refractivity contribution in [2.24, 2.45) is 0 Å². The summed E-state index contributed by atoms with van der Waals surface area (Å²) in [6.07, 6.45) is 5.04. The molecule has 1 unspecified atom stereocenters. The number of hydrogen-bond donors (Lipinski definition) is 3. The summed E-state index contributed by atoms with van der Waals surface area (Å²) in [7, 11) is 2.19. The van der Waals surface area contributed by atoms with Gasteiger partial charge in [-0.05, 0) is 58.1 Å². The van der Waals surface area contributed by atoms with Crippen molar-refractivity contribution in [2.75, 3.05) is 46.3 Å². The lowest BCUT2D eigenvalue weighted by Crippen LogP contribution is -2.41. The number of phenols is 1. The number of hydrogen-bond acceptors (Lipinski definition) is 5. The molecule has 0 spiro atoms. The van der Waals surface area contributed by atoms with Crippen molar-refractivity contribution in [3.8, 4) is 5.75 Å². The molecule has 1 atom stereocenters. The summed E-state index contributed by atoms with van der Waals surface area (Å²) < 4.78 is 1.05. The van der Waals surface area contributed by atoms with E-state index in [0.717, 1.165) is 61.4 Å². The van der Waals surface area contributed by atoms with Gasteiger partial charge in [0.1, 0.15) is 5.75 Å². The lowest BCUT2D eigenvalue weighted by molar-refractivity contribution is 0.265. The number of nitrogens with one attached hydrogen (secondary N) is 2. The maximum atomic E-state index is 10.8. The van der Waals surface area contributed by atoms with Crippen LogP contribution in [0, 0.1) is 0 Å². The van der Waals surface area contributed by atoms with E-state index in [1.165, 1.54) is 25.7 Å². The quantitative estimate of drug-likeness (QED) is 0.654. The summed E-state index contributed by atoms with van der Waals surface area (Å²) in [6, 6.07) is 4.67. The fourth-order valence-corrected chi connectivity index (χ4v) is 4.50. The Morgan fingerprint density at radius 2 is 2.00 bits per heavy atom. The van der Waals surface area contributed by atoms with Crippen molar-refractivity contribution in [3.05, 3.63) is 27.7 Å². The van der Waals surface area contributed by atoms with E-state index in [1.54, 1.807) is 0 Å². The van der Waals surface area contributed by atoms with E-state index in [2.05, 4.69) is 49.5 Å². The number of phenolic OH excluding ortho intramolecular Hbond substituents is 1. The highest BCUT2D eigenvalue weighted by atomic mass is 79.9. The van der Waals surface area contributed by atoms with Crippen LogP contribution >= 0.6 is 15.9 Å². The lowest BCUT2D eigenvalue weighted by atomic mass is 10.0. The second kappa shape index (κ2) is 10.0. The van der Waals surface area contributed by atoms with Gasteiger partial charge in [-0.25, -0.2) is 0 Å². The zero-order valence-corrected chi connectivity index (χ0v) is 17.5. The first-order valence-corrected chi connectivity index (χ1v) is 10.8. The number of benzene rings is 1. The van der Waals surface area contributed by atoms with Crippen LogP contribution in [0.3, 0.4) is 0 Å². The topological polar surface area (TPSA) is 50.8 Å². The van der Waals surface area contributed by atoms with Gasteiger partial charge in [0, 0.05) is 54.4 Å². The summed E-state index contributed by atoms with van der Waals surface area (Å²) in [5.74, 6) is 0.454. The number of likely N-dealkylation sites (N-methyl/N-ethyl adjacent to an activating group) is 1. The minimum absolute atomic E-state index is 0.454. The zero-order valence-electron chi connectivity index (χ0n) is 15.9. The third kappa shape index (κ3) is 5.92. The van der Waals surface area contributed by atoms with Gasteiger partial charge in [0.2, 0.25) is 0 Å². The van der Waals surface area contributed by atoms with Crippen molar-refractivity contribution >= 4 is 15.9 Å². The van der Waals surface area contributed by atoms with Crippen LogP contribution in [0.1, 0.15) is 36.8 Å². The van der Waals surface area contributed by atoms with Crippen LogP contribution in [0.4, 0.5) is 0 Å². The SMILES string of the molecule is CN1CCCN(Cc2cc(Br)cc(CNCC3CCCCN3)c2O)CC1. The molecule has 146 valence electrons. The maximum absolute atomic E-state index is 10.8. The number of aromatic hydroxyl groups is 1. The van der Waals surface area contributed by atoms with E-state index in [1.807, 2.05) is 6.07 Å². The largest absolute Gasteiger partial charge is 0.507 e. The van der Waals surface area contributed by atoms with E-state index in [0.29, 0.717) is 18.3 Å². The Balaban J connectivity index is 1.58. The van der Waals surface area contributed by atoms with Crippen molar-refractivity contribution < 1.29 is 5.11 Å². The molecule has 0 aliphatic carbocycles. The summed E-state index contributed by atoms with van der Waals surface area (Å²) in [6.45, 7) is 8.02. The Hall–Kier alpha value is -0.660. The van der Waals surface area contributed by atoms with E-state index >= 15 is 0 Å². The number of halogens is 1. The smallest absolute Gasteiger partial charge is 0.124 e. The molecule has 2 aliphatic heterocycles. The third-order valence-corrected chi connectivity index (χ3v) is 6.02. The molecular weight excluding hydrogens is 392 g/mol. The van der Waals surface area contributed by atoms with Crippen LogP contribution in [-0.2, 0) is 13.1 Å². The molecule has 0 radical (unpaired) electrons. The molecule has 0 amide bonds. The van der Waals surface area contributed by atoms with E-state index in [9.17, 15) is 5.11 Å². The number of rotatable bonds is 6. The van der Waals surface area contributed by atoms with Crippen molar-refractivity contribution in [1.82, 2.24) is 20.4 Å². The van der Waals surface area contributed by atoms with E-state index < -0.39 is 0 Å². The van der Waals surface area contributed by atoms with Gasteiger partial charge in [-0.3, -0.25) is 4.90 Å². The molecule has 1 aromatic carbocycles. The molecule has 2 heterocycles. The number of nitrogens with zero attached hydrogens (tertiary/aromatic N) is 2. The molecule has 6 heteroatoms. The Labute approximate surface area is 166 Å². The summed E-state index contributed by atoms with van der Waals surface area (Å²) in [5, 5.41) is 17.9. The molecule has 2 aliphatic rings. The molecule has 3 N–H and O–H groups in total. The molecule has 1 aromatic rings. The van der Waals surface area contributed by atoms with Gasteiger partial charge in [-0.15, -0.1) is 0 Å². The van der Waals surface area contributed by atoms with Gasteiger partial charge in [0.05, 0.1) is 0 Å². The lowest BCUT2D eigenvalue weighted by Gasteiger charge is -2.24. The fraction of sp³-hybridized carbons (Fsp3) is 0.700. The molecule has 2 fully saturated rings. The highest BCUT2D eigenvalue weighted by Gasteiger charge is 2.17. The summed E-state index contributed by atoms with van der Waals surface area (Å²) >= 11 is 3.63. The second-order valence-electron chi connectivity index (χ2n) is 7.78. The van der Waals surface area contributed by atoms with E-state index in [-0.39, 0.29) is 0 Å². The van der Waals surface area contributed by atoms with Gasteiger partial charge in [0.25, 0.3) is 0 Å². The van der Waals surface area contributed by atoms with Crippen LogP contribution in [0.2, 0.25) is 0 Å². The van der Waals surface area contributed by atoms with Gasteiger partial charge in [-0.2, -0.15) is 0 Å². The third-order valence-electron chi connectivity index (χ3n) is 5.56. The predicted molar refractivity (Wildman–Crippen MR) is 111 cm³/mol. The Morgan fingerprint density at radius 3 is 2.81 bits per heavy atom. The van der Waals surface area contributed by atoms with Crippen molar-refractivity contribution in [1.29, 1.82) is 0 Å². The van der Waals surface area contributed by atoms with Gasteiger partial charge < -0.3 is 20.6 Å². The average molecular weight is 425 g/mol. The predicted octanol–water partition coefficient (Wildman–Crippen LogP) is 2.52. The Kier molecular flexibility index (Phi) is 7.76. The minimum atomic E-state index is 0.454. The first-order valence-electron chi connectivity index (χ1n) is 9.97. The molecule has 2 saturated heterocycles. The number of piperidine rings is 1. The molecule has 3 rings (SSSR count). The zero-order chi connectivity index (χ0) is 18.4. The Bertz CT molecular complexity index is 577. The van der Waals surface area contributed by atoms with Crippen molar-refractivity contribution in [3.63, 3.8) is 0 Å². The molecule has 0 aromatic heterocycles. The highest BCUT2D eigenvalue weighted by Crippen LogP contribution is 2.29. The van der Waals surface area contributed by atoms with Crippen molar-refractivity contribution in [2.45, 2.75) is 44.8 Å². The Morgan fingerprint density at radius 1 is 1.15 bits per heavy atom. The first-order chi connectivity index (χ1) is 12.6. The normalized spacial score (nSPS) is 23.1. The average Bonchev–Trinajstić information content (AvgIpc) is 2.84. The molecule has 0 saturated carbocycles. The minimum Gasteiger partial charge on any atom is -0.507 e. The van der Waals surface area contributed by atoms with Gasteiger partial charge in [-0.1, -0.05) is 22.4 Å². The standard InChI is InChI=1S/C20H33BrN4O/c1-24-7-4-8-25(10-9-24)15-17-12-18(21)11-16(20(17)26)13-22-14-19-5-2-3-6-23-19/h11-12,19,22-23,26H,2-10,13-15H2,1H3.